The van der Waals surface area contributed by atoms with E-state index in [0.29, 0.717) is 0 Å². The van der Waals surface area contributed by atoms with Gasteiger partial charge in [0.2, 0.25) is 0 Å². The van der Waals surface area contributed by atoms with Crippen LogP contribution in [-0.4, -0.2) is 22.9 Å². The van der Waals surface area contributed by atoms with Gasteiger partial charge in [-0.2, -0.15) is 0 Å². The maximum atomic E-state index is 10.7. The molecule has 1 heterocycles. The molecule has 0 aliphatic carbocycles. The zero-order chi connectivity index (χ0) is 11.1. The van der Waals surface area contributed by atoms with Crippen molar-refractivity contribution in [3.8, 4) is 0 Å². The summed E-state index contributed by atoms with van der Waals surface area (Å²) in [5.74, 6) is 1.78. The summed E-state index contributed by atoms with van der Waals surface area (Å²) in [6.07, 6.45) is 3.88. The number of aryl methyl sites for hydroxylation is 1. The first-order valence-corrected chi connectivity index (χ1v) is 5.97. The van der Waals surface area contributed by atoms with Crippen molar-refractivity contribution in [2.75, 3.05) is 18.1 Å². The lowest BCUT2D eigenvalue weighted by molar-refractivity contribution is -0.109. The Morgan fingerprint density at radius 1 is 1.53 bits per heavy atom. The summed E-state index contributed by atoms with van der Waals surface area (Å²) < 4.78 is 0. The van der Waals surface area contributed by atoms with Gasteiger partial charge in [-0.1, -0.05) is 17.8 Å². The summed E-state index contributed by atoms with van der Waals surface area (Å²) in [4.78, 5) is 14.9. The van der Waals surface area contributed by atoms with Crippen LogP contribution in [0.3, 0.4) is 0 Å². The minimum atomic E-state index is 0.193. The molecule has 0 atom stereocenters. The van der Waals surface area contributed by atoms with Crippen molar-refractivity contribution < 1.29 is 4.79 Å². The van der Waals surface area contributed by atoms with Gasteiger partial charge in [-0.15, -0.1) is 0 Å². The highest BCUT2D eigenvalue weighted by Gasteiger charge is 1.97. The lowest BCUT2D eigenvalue weighted by Crippen LogP contribution is -1.94. The summed E-state index contributed by atoms with van der Waals surface area (Å²) in [7, 11) is 1.85. The van der Waals surface area contributed by atoms with Crippen molar-refractivity contribution in [3.05, 3.63) is 23.9 Å². The molecule has 0 fully saturated rings. The number of hydrogen-bond donors (Lipinski definition) is 1. The van der Waals surface area contributed by atoms with Gasteiger partial charge in [0, 0.05) is 25.9 Å². The van der Waals surface area contributed by atoms with E-state index in [2.05, 4.69) is 16.4 Å². The largest absolute Gasteiger partial charge is 0.373 e. The molecule has 0 saturated heterocycles. The van der Waals surface area contributed by atoms with Gasteiger partial charge in [0.15, 0.2) is 5.12 Å². The van der Waals surface area contributed by atoms with Crippen molar-refractivity contribution in [1.82, 2.24) is 4.98 Å². The highest BCUT2D eigenvalue weighted by molar-refractivity contribution is 8.13. The summed E-state index contributed by atoms with van der Waals surface area (Å²) >= 11 is 1.39. The third-order valence-corrected chi connectivity index (χ3v) is 2.90. The summed E-state index contributed by atoms with van der Waals surface area (Å²) in [5.41, 5.74) is 1.22. The SMILES string of the molecule is CNc1ccc(CCCSC(C)=O)cn1. The lowest BCUT2D eigenvalue weighted by atomic mass is 10.2. The van der Waals surface area contributed by atoms with Gasteiger partial charge in [-0.25, -0.2) is 4.98 Å². The Hall–Kier alpha value is -1.03. The van der Waals surface area contributed by atoms with Crippen LogP contribution in [0.2, 0.25) is 0 Å². The van der Waals surface area contributed by atoms with Crippen molar-refractivity contribution in [3.63, 3.8) is 0 Å². The van der Waals surface area contributed by atoms with Crippen LogP contribution in [0, 0.1) is 0 Å². The first kappa shape index (κ1) is 12.0. The van der Waals surface area contributed by atoms with Crippen LogP contribution in [0.15, 0.2) is 18.3 Å². The third kappa shape index (κ3) is 4.83. The van der Waals surface area contributed by atoms with E-state index < -0.39 is 0 Å². The van der Waals surface area contributed by atoms with Gasteiger partial charge in [-0.05, 0) is 24.5 Å². The van der Waals surface area contributed by atoms with Gasteiger partial charge >= 0.3 is 0 Å². The molecule has 0 aliphatic rings. The zero-order valence-corrected chi connectivity index (χ0v) is 9.93. The maximum Gasteiger partial charge on any atom is 0.185 e. The molecular formula is C11H16N2OS. The van der Waals surface area contributed by atoms with Gasteiger partial charge in [-0.3, -0.25) is 4.79 Å². The first-order valence-electron chi connectivity index (χ1n) is 4.98. The number of aromatic nitrogens is 1. The quantitative estimate of drug-likeness (QED) is 0.779. The number of nitrogens with zero attached hydrogens (tertiary/aromatic N) is 1. The number of anilines is 1. The first-order chi connectivity index (χ1) is 7.22. The number of nitrogens with one attached hydrogen (secondary N) is 1. The average molecular weight is 224 g/mol. The van der Waals surface area contributed by atoms with E-state index >= 15 is 0 Å². The fraction of sp³-hybridized carbons (Fsp3) is 0.455. The van der Waals surface area contributed by atoms with E-state index in [4.69, 9.17) is 0 Å². The van der Waals surface area contributed by atoms with Gasteiger partial charge in [0.25, 0.3) is 0 Å². The molecule has 0 spiro atoms. The second kappa shape index (κ2) is 6.45. The highest BCUT2D eigenvalue weighted by atomic mass is 32.2. The topological polar surface area (TPSA) is 42.0 Å². The number of carbonyl (C=O) groups excluding carboxylic acids is 1. The molecule has 0 radical (unpaired) electrons. The molecule has 3 nitrogen and oxygen atoms in total. The van der Waals surface area contributed by atoms with Crippen LogP contribution in [0.4, 0.5) is 5.82 Å². The maximum absolute atomic E-state index is 10.7. The minimum absolute atomic E-state index is 0.193. The Morgan fingerprint density at radius 3 is 2.87 bits per heavy atom. The number of thioether (sulfide) groups is 1. The van der Waals surface area contributed by atoms with Crippen LogP contribution in [-0.2, 0) is 11.2 Å². The molecule has 0 bridgehead atoms. The van der Waals surface area contributed by atoms with Crippen LogP contribution in [0.25, 0.3) is 0 Å². The molecule has 0 aromatic carbocycles. The molecule has 1 aromatic rings. The Labute approximate surface area is 94.7 Å². The van der Waals surface area contributed by atoms with E-state index in [1.165, 1.54) is 17.3 Å². The van der Waals surface area contributed by atoms with Gasteiger partial charge in [0.05, 0.1) is 0 Å². The van der Waals surface area contributed by atoms with E-state index in [-0.39, 0.29) is 5.12 Å². The Bertz CT molecular complexity index is 311. The van der Waals surface area contributed by atoms with Crippen molar-refractivity contribution >= 4 is 22.7 Å². The lowest BCUT2D eigenvalue weighted by Gasteiger charge is -2.02. The summed E-state index contributed by atoms with van der Waals surface area (Å²) in [6, 6.07) is 4.03. The Balaban J connectivity index is 2.28. The van der Waals surface area contributed by atoms with Crippen molar-refractivity contribution in [2.45, 2.75) is 19.8 Å². The molecule has 1 aromatic heterocycles. The molecule has 0 amide bonds. The zero-order valence-electron chi connectivity index (χ0n) is 9.12. The predicted molar refractivity (Wildman–Crippen MR) is 65.2 cm³/mol. The van der Waals surface area contributed by atoms with Crippen molar-refractivity contribution in [1.29, 1.82) is 0 Å². The average Bonchev–Trinajstić information content (AvgIpc) is 2.25. The van der Waals surface area contributed by atoms with E-state index in [9.17, 15) is 4.79 Å². The number of hydrogen-bond acceptors (Lipinski definition) is 4. The molecule has 0 saturated carbocycles. The number of rotatable bonds is 5. The predicted octanol–water partition coefficient (Wildman–Crippen LogP) is 2.34. The van der Waals surface area contributed by atoms with Crippen LogP contribution in [0.5, 0.6) is 0 Å². The fourth-order valence-corrected chi connectivity index (χ4v) is 1.79. The monoisotopic (exact) mass is 224 g/mol. The summed E-state index contributed by atoms with van der Waals surface area (Å²) in [5, 5.41) is 3.17. The van der Waals surface area contributed by atoms with E-state index in [1.54, 1.807) is 6.92 Å². The third-order valence-electron chi connectivity index (χ3n) is 2.00. The van der Waals surface area contributed by atoms with Crippen LogP contribution >= 0.6 is 11.8 Å². The molecular weight excluding hydrogens is 208 g/mol. The van der Waals surface area contributed by atoms with Crippen LogP contribution in [0.1, 0.15) is 18.9 Å². The molecule has 1 rings (SSSR count). The summed E-state index contributed by atoms with van der Waals surface area (Å²) in [6.45, 7) is 1.61. The van der Waals surface area contributed by atoms with Gasteiger partial charge < -0.3 is 5.32 Å². The van der Waals surface area contributed by atoms with Crippen LogP contribution < -0.4 is 5.32 Å². The number of carbonyl (C=O) groups is 1. The van der Waals surface area contributed by atoms with Crippen molar-refractivity contribution in [2.24, 2.45) is 0 Å². The van der Waals surface area contributed by atoms with Gasteiger partial charge in [0.1, 0.15) is 5.82 Å². The van der Waals surface area contributed by atoms with E-state index in [1.807, 2.05) is 19.3 Å². The molecule has 4 heteroatoms. The smallest absolute Gasteiger partial charge is 0.185 e. The fourth-order valence-electron chi connectivity index (χ4n) is 1.21. The molecule has 1 N–H and O–H groups in total. The second-order valence-corrected chi connectivity index (χ2v) is 4.52. The molecule has 0 aliphatic heterocycles. The highest BCUT2D eigenvalue weighted by Crippen LogP contribution is 2.09. The molecule has 0 unspecified atom stereocenters. The Kier molecular flexibility index (Phi) is 5.18. The second-order valence-electron chi connectivity index (χ2n) is 3.25. The normalized spacial score (nSPS) is 10.0. The molecule has 82 valence electrons. The standard InChI is InChI=1S/C11H16N2OS/c1-9(14)15-7-3-4-10-5-6-11(12-2)13-8-10/h5-6,8H,3-4,7H2,1-2H3,(H,12,13). The minimum Gasteiger partial charge on any atom is -0.373 e. The molecule has 15 heavy (non-hydrogen) atoms. The number of pyridine rings is 1. The van der Waals surface area contributed by atoms with E-state index in [0.717, 1.165) is 24.4 Å². The Morgan fingerprint density at radius 2 is 2.33 bits per heavy atom.